The second kappa shape index (κ2) is 6.66. The van der Waals surface area contributed by atoms with Gasteiger partial charge < -0.3 is 11.1 Å². The van der Waals surface area contributed by atoms with Gasteiger partial charge in [0.25, 0.3) is 0 Å². The highest BCUT2D eigenvalue weighted by atomic mass is 79.9. The molecule has 2 rings (SSSR count). The minimum atomic E-state index is -0.121. The van der Waals surface area contributed by atoms with Crippen molar-refractivity contribution in [1.29, 1.82) is 0 Å². The lowest BCUT2D eigenvalue weighted by Crippen LogP contribution is -2.37. The molecule has 0 spiro atoms. The van der Waals surface area contributed by atoms with Crippen molar-refractivity contribution in [1.82, 2.24) is 5.32 Å². The molecule has 1 unspecified atom stereocenters. The van der Waals surface area contributed by atoms with Crippen LogP contribution < -0.4 is 11.1 Å². The van der Waals surface area contributed by atoms with E-state index >= 15 is 0 Å². The maximum Gasteiger partial charge on any atom is 0.233 e. The Morgan fingerprint density at radius 3 is 2.79 bits per heavy atom. The number of nitrogens with one attached hydrogen (secondary N) is 1. The van der Waals surface area contributed by atoms with Gasteiger partial charge >= 0.3 is 0 Å². The smallest absolute Gasteiger partial charge is 0.233 e. The third-order valence-corrected chi connectivity index (χ3v) is 5.03. The van der Waals surface area contributed by atoms with E-state index in [1.807, 2.05) is 25.1 Å². The van der Waals surface area contributed by atoms with Gasteiger partial charge in [0.1, 0.15) is 0 Å². The average molecular weight is 343 g/mol. The molecule has 1 aromatic rings. The molecule has 0 bridgehead atoms. The predicted octanol–water partition coefficient (Wildman–Crippen LogP) is 3.57. The van der Waals surface area contributed by atoms with Crippen molar-refractivity contribution in [2.24, 2.45) is 0 Å². The van der Waals surface area contributed by atoms with Crippen molar-refractivity contribution in [3.05, 3.63) is 22.7 Å². The van der Waals surface area contributed by atoms with Crippen LogP contribution in [0.1, 0.15) is 32.6 Å². The van der Waals surface area contributed by atoms with E-state index in [0.29, 0.717) is 11.7 Å². The summed E-state index contributed by atoms with van der Waals surface area (Å²) in [7, 11) is 0. The minimum absolute atomic E-state index is 0.110. The van der Waals surface area contributed by atoms with Gasteiger partial charge in [0, 0.05) is 21.1 Å². The molecule has 1 atom stereocenters. The van der Waals surface area contributed by atoms with E-state index in [-0.39, 0.29) is 11.2 Å². The lowest BCUT2D eigenvalue weighted by atomic mass is 10.2. The first kappa shape index (κ1) is 14.7. The number of nitrogen functional groups attached to an aromatic ring is 1. The highest BCUT2D eigenvalue weighted by Crippen LogP contribution is 2.31. The number of hydrogen-bond donors (Lipinski definition) is 2. The maximum absolute atomic E-state index is 12.1. The van der Waals surface area contributed by atoms with Crippen LogP contribution in [-0.2, 0) is 4.79 Å². The molecule has 0 aliphatic heterocycles. The molecule has 1 fully saturated rings. The molecule has 3 N–H and O–H groups in total. The van der Waals surface area contributed by atoms with E-state index in [9.17, 15) is 4.79 Å². The Morgan fingerprint density at radius 2 is 2.16 bits per heavy atom. The molecule has 1 aromatic carbocycles. The summed E-state index contributed by atoms with van der Waals surface area (Å²) in [5.74, 6) is 0.110. The quantitative estimate of drug-likeness (QED) is 0.649. The van der Waals surface area contributed by atoms with Gasteiger partial charge in [-0.2, -0.15) is 0 Å². The van der Waals surface area contributed by atoms with E-state index in [1.54, 1.807) is 0 Å². The molecule has 0 aromatic heterocycles. The topological polar surface area (TPSA) is 55.1 Å². The molecular formula is C14H19BrN2OS. The Bertz CT molecular complexity index is 461. The van der Waals surface area contributed by atoms with Gasteiger partial charge in [-0.15, -0.1) is 11.8 Å². The standard InChI is InChI=1S/C14H19BrN2OS/c1-9(14(18)17-11-4-2-3-5-11)19-13-7-6-10(15)8-12(13)16/h6-9,11H,2-5,16H2,1H3,(H,17,18). The molecule has 1 amide bonds. The summed E-state index contributed by atoms with van der Waals surface area (Å²) in [4.78, 5) is 13.1. The van der Waals surface area contributed by atoms with E-state index in [2.05, 4.69) is 21.2 Å². The van der Waals surface area contributed by atoms with Crippen molar-refractivity contribution >= 4 is 39.3 Å². The summed E-state index contributed by atoms with van der Waals surface area (Å²) < 4.78 is 0.956. The Morgan fingerprint density at radius 1 is 1.47 bits per heavy atom. The largest absolute Gasteiger partial charge is 0.398 e. The Balaban J connectivity index is 1.92. The molecule has 0 heterocycles. The van der Waals surface area contributed by atoms with Crippen LogP contribution in [0, 0.1) is 0 Å². The first-order valence-electron chi connectivity index (χ1n) is 6.58. The zero-order chi connectivity index (χ0) is 13.8. The first-order valence-corrected chi connectivity index (χ1v) is 8.25. The molecule has 1 aliphatic rings. The number of carbonyl (C=O) groups is 1. The minimum Gasteiger partial charge on any atom is -0.398 e. The van der Waals surface area contributed by atoms with Gasteiger partial charge in [0.15, 0.2) is 0 Å². The van der Waals surface area contributed by atoms with Crippen LogP contribution in [0.2, 0.25) is 0 Å². The van der Waals surface area contributed by atoms with Gasteiger partial charge in [-0.05, 0) is 38.0 Å². The zero-order valence-electron chi connectivity index (χ0n) is 11.0. The Labute approximate surface area is 126 Å². The molecule has 0 saturated heterocycles. The number of halogens is 1. The molecule has 1 aliphatic carbocycles. The van der Waals surface area contributed by atoms with E-state index in [1.165, 1.54) is 24.6 Å². The lowest BCUT2D eigenvalue weighted by Gasteiger charge is -2.17. The zero-order valence-corrected chi connectivity index (χ0v) is 13.4. The summed E-state index contributed by atoms with van der Waals surface area (Å²) in [5.41, 5.74) is 6.66. The molecule has 19 heavy (non-hydrogen) atoms. The highest BCUT2D eigenvalue weighted by Gasteiger charge is 2.21. The number of carbonyl (C=O) groups excluding carboxylic acids is 1. The summed E-state index contributed by atoms with van der Waals surface area (Å²) in [6, 6.07) is 6.13. The molecule has 1 saturated carbocycles. The molecule has 0 radical (unpaired) electrons. The predicted molar refractivity (Wildman–Crippen MR) is 84.3 cm³/mol. The van der Waals surface area contributed by atoms with Crippen molar-refractivity contribution in [2.45, 2.75) is 48.8 Å². The highest BCUT2D eigenvalue weighted by molar-refractivity contribution is 9.10. The monoisotopic (exact) mass is 342 g/mol. The van der Waals surface area contributed by atoms with Gasteiger partial charge in [-0.25, -0.2) is 0 Å². The van der Waals surface area contributed by atoms with Crippen LogP contribution in [0.5, 0.6) is 0 Å². The second-order valence-corrected chi connectivity index (χ2v) is 7.23. The van der Waals surface area contributed by atoms with Crippen LogP contribution in [0.25, 0.3) is 0 Å². The molecular weight excluding hydrogens is 324 g/mol. The number of rotatable bonds is 4. The van der Waals surface area contributed by atoms with Gasteiger partial charge in [-0.1, -0.05) is 28.8 Å². The fourth-order valence-electron chi connectivity index (χ4n) is 2.26. The molecule has 5 heteroatoms. The summed E-state index contributed by atoms with van der Waals surface area (Å²) >= 11 is 4.89. The molecule has 104 valence electrons. The van der Waals surface area contributed by atoms with Gasteiger partial charge in [-0.3, -0.25) is 4.79 Å². The second-order valence-electron chi connectivity index (χ2n) is 4.93. The summed E-state index contributed by atoms with van der Waals surface area (Å²) in [5, 5.41) is 3.00. The number of benzene rings is 1. The molecule has 3 nitrogen and oxygen atoms in total. The van der Waals surface area contributed by atoms with E-state index in [4.69, 9.17) is 5.73 Å². The Kier molecular flexibility index (Phi) is 5.16. The summed E-state index contributed by atoms with van der Waals surface area (Å²) in [6.45, 7) is 1.93. The third-order valence-electron chi connectivity index (χ3n) is 3.35. The third kappa shape index (κ3) is 4.14. The SMILES string of the molecule is CC(Sc1ccc(Br)cc1N)C(=O)NC1CCCC1. The maximum atomic E-state index is 12.1. The van der Waals surface area contributed by atoms with Gasteiger partial charge in [0.2, 0.25) is 5.91 Å². The number of nitrogens with two attached hydrogens (primary N) is 1. The van der Waals surface area contributed by atoms with Crippen molar-refractivity contribution in [3.8, 4) is 0 Å². The Hall–Kier alpha value is -0.680. The summed E-state index contributed by atoms with van der Waals surface area (Å²) in [6.07, 6.45) is 4.69. The fraction of sp³-hybridized carbons (Fsp3) is 0.500. The van der Waals surface area contributed by atoms with Crippen molar-refractivity contribution in [2.75, 3.05) is 5.73 Å². The number of hydrogen-bond acceptors (Lipinski definition) is 3. The van der Waals surface area contributed by atoms with Crippen LogP contribution in [-0.4, -0.2) is 17.2 Å². The number of anilines is 1. The van der Waals surface area contributed by atoms with E-state index < -0.39 is 0 Å². The van der Waals surface area contributed by atoms with Crippen molar-refractivity contribution in [3.63, 3.8) is 0 Å². The van der Waals surface area contributed by atoms with Crippen molar-refractivity contribution < 1.29 is 4.79 Å². The van der Waals surface area contributed by atoms with E-state index in [0.717, 1.165) is 22.2 Å². The lowest BCUT2D eigenvalue weighted by molar-refractivity contribution is -0.120. The normalized spacial score (nSPS) is 17.4. The number of amides is 1. The van der Waals surface area contributed by atoms with Gasteiger partial charge in [0.05, 0.1) is 5.25 Å². The fourth-order valence-corrected chi connectivity index (χ4v) is 3.54. The van der Waals surface area contributed by atoms with Crippen LogP contribution >= 0.6 is 27.7 Å². The average Bonchev–Trinajstić information content (AvgIpc) is 2.85. The van der Waals surface area contributed by atoms with Crippen LogP contribution in [0.4, 0.5) is 5.69 Å². The number of thioether (sulfide) groups is 1. The van der Waals surface area contributed by atoms with Crippen LogP contribution in [0.15, 0.2) is 27.6 Å². The first-order chi connectivity index (χ1) is 9.06. The van der Waals surface area contributed by atoms with Crippen LogP contribution in [0.3, 0.4) is 0 Å².